The number of piperazine rings is 1. The Morgan fingerprint density at radius 2 is 1.34 bits per heavy atom. The SMILES string of the molecule is O=C(Nc1ccccc1)c1cccc(C(=O)N2CCN(c3ccccc3)CC2)n1. The first-order chi connectivity index (χ1) is 14.2. The van der Waals surface area contributed by atoms with E-state index in [9.17, 15) is 9.59 Å². The number of carbonyl (C=O) groups excluding carboxylic acids is 2. The lowest BCUT2D eigenvalue weighted by molar-refractivity contribution is 0.0740. The van der Waals surface area contributed by atoms with Gasteiger partial charge in [-0.25, -0.2) is 4.98 Å². The fourth-order valence-electron chi connectivity index (χ4n) is 3.37. The van der Waals surface area contributed by atoms with Crippen LogP contribution in [-0.2, 0) is 0 Å². The lowest BCUT2D eigenvalue weighted by Gasteiger charge is -2.36. The minimum atomic E-state index is -0.334. The molecule has 3 aromatic rings. The van der Waals surface area contributed by atoms with Crippen LogP contribution >= 0.6 is 0 Å². The Balaban J connectivity index is 1.40. The van der Waals surface area contributed by atoms with Crippen LogP contribution in [0, 0.1) is 0 Å². The Bertz CT molecular complexity index is 984. The molecule has 0 unspecified atom stereocenters. The number of carbonyl (C=O) groups is 2. The maximum Gasteiger partial charge on any atom is 0.274 e. The van der Waals surface area contributed by atoms with E-state index in [1.54, 1.807) is 35.2 Å². The number of amides is 2. The van der Waals surface area contributed by atoms with Crippen LogP contribution in [0.4, 0.5) is 11.4 Å². The molecule has 0 aliphatic carbocycles. The second-order valence-electron chi connectivity index (χ2n) is 6.84. The number of nitrogens with one attached hydrogen (secondary N) is 1. The molecule has 1 saturated heterocycles. The van der Waals surface area contributed by atoms with E-state index in [4.69, 9.17) is 0 Å². The first-order valence-corrected chi connectivity index (χ1v) is 9.63. The van der Waals surface area contributed by atoms with Crippen molar-refractivity contribution in [3.05, 3.63) is 90.3 Å². The van der Waals surface area contributed by atoms with Crippen molar-refractivity contribution in [2.75, 3.05) is 36.4 Å². The van der Waals surface area contributed by atoms with E-state index >= 15 is 0 Å². The van der Waals surface area contributed by atoms with Crippen molar-refractivity contribution in [2.24, 2.45) is 0 Å². The van der Waals surface area contributed by atoms with E-state index < -0.39 is 0 Å². The lowest BCUT2D eigenvalue weighted by atomic mass is 10.2. The topological polar surface area (TPSA) is 65.5 Å². The van der Waals surface area contributed by atoms with Crippen LogP contribution in [0.25, 0.3) is 0 Å². The van der Waals surface area contributed by atoms with Crippen LogP contribution in [0.1, 0.15) is 21.0 Å². The highest BCUT2D eigenvalue weighted by Crippen LogP contribution is 2.17. The van der Waals surface area contributed by atoms with E-state index in [-0.39, 0.29) is 17.5 Å². The number of hydrogen-bond acceptors (Lipinski definition) is 4. The summed E-state index contributed by atoms with van der Waals surface area (Å²) in [5.41, 5.74) is 2.37. The number of aromatic nitrogens is 1. The third-order valence-corrected chi connectivity index (χ3v) is 4.92. The predicted molar refractivity (Wildman–Crippen MR) is 113 cm³/mol. The Morgan fingerprint density at radius 3 is 2.03 bits per heavy atom. The van der Waals surface area contributed by atoms with Crippen LogP contribution < -0.4 is 10.2 Å². The predicted octanol–water partition coefficient (Wildman–Crippen LogP) is 3.30. The largest absolute Gasteiger partial charge is 0.368 e. The molecule has 0 saturated carbocycles. The van der Waals surface area contributed by atoms with Gasteiger partial charge in [0.1, 0.15) is 11.4 Å². The van der Waals surface area contributed by atoms with Crippen LogP contribution in [0.5, 0.6) is 0 Å². The molecule has 6 heteroatoms. The number of rotatable bonds is 4. The fraction of sp³-hybridized carbons (Fsp3) is 0.174. The molecule has 2 aromatic carbocycles. The van der Waals surface area contributed by atoms with E-state index in [1.807, 2.05) is 36.4 Å². The third kappa shape index (κ3) is 4.43. The summed E-state index contributed by atoms with van der Waals surface area (Å²) in [6.45, 7) is 2.78. The van der Waals surface area contributed by atoms with Crippen molar-refractivity contribution >= 4 is 23.2 Å². The van der Waals surface area contributed by atoms with Crippen molar-refractivity contribution in [1.82, 2.24) is 9.88 Å². The average Bonchev–Trinajstić information content (AvgIpc) is 2.80. The number of para-hydroxylation sites is 2. The summed E-state index contributed by atoms with van der Waals surface area (Å²) >= 11 is 0. The molecule has 1 fully saturated rings. The highest BCUT2D eigenvalue weighted by Gasteiger charge is 2.23. The molecule has 1 aromatic heterocycles. The van der Waals surface area contributed by atoms with E-state index in [0.717, 1.165) is 18.8 Å². The molecule has 2 heterocycles. The minimum absolute atomic E-state index is 0.146. The lowest BCUT2D eigenvalue weighted by Crippen LogP contribution is -2.49. The number of pyridine rings is 1. The monoisotopic (exact) mass is 386 g/mol. The summed E-state index contributed by atoms with van der Waals surface area (Å²) in [5, 5.41) is 2.79. The summed E-state index contributed by atoms with van der Waals surface area (Å²) < 4.78 is 0. The zero-order valence-corrected chi connectivity index (χ0v) is 16.0. The van der Waals surface area contributed by atoms with Gasteiger partial charge in [-0.3, -0.25) is 9.59 Å². The molecule has 6 nitrogen and oxygen atoms in total. The highest BCUT2D eigenvalue weighted by atomic mass is 16.2. The Morgan fingerprint density at radius 1 is 0.724 bits per heavy atom. The summed E-state index contributed by atoms with van der Waals surface area (Å²) in [5.74, 6) is -0.480. The van der Waals surface area contributed by atoms with Crippen LogP contribution in [0.3, 0.4) is 0 Å². The quantitative estimate of drug-likeness (QED) is 0.747. The maximum absolute atomic E-state index is 12.9. The number of anilines is 2. The Kier molecular flexibility index (Phi) is 5.52. The smallest absolute Gasteiger partial charge is 0.274 e. The molecule has 0 radical (unpaired) electrons. The molecule has 0 spiro atoms. The Hall–Kier alpha value is -3.67. The zero-order valence-electron chi connectivity index (χ0n) is 16.0. The Labute approximate surface area is 169 Å². The molecule has 0 atom stereocenters. The van der Waals surface area contributed by atoms with Gasteiger partial charge in [-0.2, -0.15) is 0 Å². The normalized spacial score (nSPS) is 13.8. The van der Waals surface area contributed by atoms with Gasteiger partial charge in [0.15, 0.2) is 0 Å². The summed E-state index contributed by atoms with van der Waals surface area (Å²) in [6, 6.07) is 24.3. The van der Waals surface area contributed by atoms with Gasteiger partial charge in [0, 0.05) is 37.6 Å². The molecule has 146 valence electrons. The van der Waals surface area contributed by atoms with E-state index in [0.29, 0.717) is 24.5 Å². The number of benzene rings is 2. The van der Waals surface area contributed by atoms with Gasteiger partial charge in [0.25, 0.3) is 11.8 Å². The molecule has 29 heavy (non-hydrogen) atoms. The van der Waals surface area contributed by atoms with E-state index in [2.05, 4.69) is 27.3 Å². The zero-order chi connectivity index (χ0) is 20.1. The number of hydrogen-bond donors (Lipinski definition) is 1. The van der Waals surface area contributed by atoms with Gasteiger partial charge in [0.05, 0.1) is 0 Å². The van der Waals surface area contributed by atoms with Gasteiger partial charge in [-0.05, 0) is 36.4 Å². The third-order valence-electron chi connectivity index (χ3n) is 4.92. The van der Waals surface area contributed by atoms with Crippen LogP contribution in [0.2, 0.25) is 0 Å². The van der Waals surface area contributed by atoms with Gasteiger partial charge in [-0.1, -0.05) is 42.5 Å². The molecule has 4 rings (SSSR count). The number of nitrogens with zero attached hydrogens (tertiary/aromatic N) is 3. The van der Waals surface area contributed by atoms with Crippen molar-refractivity contribution < 1.29 is 9.59 Å². The first kappa shape index (κ1) is 18.7. The van der Waals surface area contributed by atoms with Crippen LogP contribution in [0.15, 0.2) is 78.9 Å². The molecule has 1 N–H and O–H groups in total. The standard InChI is InChI=1S/C23H22N4O2/c28-22(24-18-8-3-1-4-9-18)20-12-7-13-21(25-20)23(29)27-16-14-26(15-17-27)19-10-5-2-6-11-19/h1-13H,14-17H2,(H,24,28). The highest BCUT2D eigenvalue weighted by molar-refractivity contribution is 6.03. The van der Waals surface area contributed by atoms with Gasteiger partial charge < -0.3 is 15.1 Å². The summed E-state index contributed by atoms with van der Waals surface area (Å²) in [7, 11) is 0. The average molecular weight is 386 g/mol. The van der Waals surface area contributed by atoms with Gasteiger partial charge >= 0.3 is 0 Å². The van der Waals surface area contributed by atoms with E-state index in [1.165, 1.54) is 0 Å². The second-order valence-corrected chi connectivity index (χ2v) is 6.84. The summed E-state index contributed by atoms with van der Waals surface area (Å²) in [4.78, 5) is 33.7. The molecule has 1 aliphatic heterocycles. The van der Waals surface area contributed by atoms with Gasteiger partial charge in [-0.15, -0.1) is 0 Å². The first-order valence-electron chi connectivity index (χ1n) is 9.63. The van der Waals surface area contributed by atoms with Crippen molar-refractivity contribution in [3.8, 4) is 0 Å². The van der Waals surface area contributed by atoms with Crippen molar-refractivity contribution in [3.63, 3.8) is 0 Å². The minimum Gasteiger partial charge on any atom is -0.368 e. The molecule has 0 bridgehead atoms. The van der Waals surface area contributed by atoms with Crippen LogP contribution in [-0.4, -0.2) is 47.9 Å². The molecular formula is C23H22N4O2. The molecule has 1 aliphatic rings. The maximum atomic E-state index is 12.9. The van der Waals surface area contributed by atoms with Crippen molar-refractivity contribution in [2.45, 2.75) is 0 Å². The second kappa shape index (κ2) is 8.56. The molecule has 2 amide bonds. The fourth-order valence-corrected chi connectivity index (χ4v) is 3.37. The van der Waals surface area contributed by atoms with Crippen molar-refractivity contribution in [1.29, 1.82) is 0 Å². The summed E-state index contributed by atoms with van der Waals surface area (Å²) in [6.07, 6.45) is 0. The molecular weight excluding hydrogens is 364 g/mol. The van der Waals surface area contributed by atoms with Gasteiger partial charge in [0.2, 0.25) is 0 Å².